The number of thiazole rings is 1. The lowest BCUT2D eigenvalue weighted by Crippen LogP contribution is -2.48. The number of rotatable bonds is 8. The number of aryl methyl sites for hydroxylation is 2. The first-order valence-corrected chi connectivity index (χ1v) is 13.2. The van der Waals surface area contributed by atoms with Gasteiger partial charge in [-0.2, -0.15) is 0 Å². The molecule has 3 aromatic rings. The minimum Gasteiger partial charge on any atom is -0.355 e. The number of nitrogens with zero attached hydrogens (tertiary/aromatic N) is 3. The van der Waals surface area contributed by atoms with Gasteiger partial charge in [-0.1, -0.05) is 29.0 Å². The lowest BCUT2D eigenvalue weighted by Gasteiger charge is -2.34. The van der Waals surface area contributed by atoms with Crippen molar-refractivity contribution in [3.05, 3.63) is 52.5 Å². The van der Waals surface area contributed by atoms with Crippen LogP contribution in [0.15, 0.2) is 41.3 Å². The average Bonchev–Trinajstić information content (AvgIpc) is 3.23. The lowest BCUT2D eigenvalue weighted by atomic mass is 10.1. The highest BCUT2D eigenvalue weighted by atomic mass is 35.5. The van der Waals surface area contributed by atoms with Crippen LogP contribution in [0.5, 0.6) is 0 Å². The Bertz CT molecular complexity index is 1060. The smallest absolute Gasteiger partial charge is 0.220 e. The van der Waals surface area contributed by atoms with Gasteiger partial charge in [0.15, 0.2) is 5.13 Å². The molecule has 2 aromatic carbocycles. The molecule has 5 nitrogen and oxygen atoms in total. The van der Waals surface area contributed by atoms with Gasteiger partial charge >= 0.3 is 0 Å². The molecule has 0 radical (unpaired) electrons. The van der Waals surface area contributed by atoms with Crippen LogP contribution in [0.4, 0.5) is 5.13 Å². The molecule has 170 valence electrons. The molecule has 8 heteroatoms. The third-order valence-corrected chi connectivity index (χ3v) is 8.23. The van der Waals surface area contributed by atoms with Gasteiger partial charge in [0, 0.05) is 61.4 Å². The third kappa shape index (κ3) is 5.95. The van der Waals surface area contributed by atoms with Crippen LogP contribution in [0.2, 0.25) is 5.02 Å². The molecule has 0 unspecified atom stereocenters. The second-order valence-electron chi connectivity index (χ2n) is 8.08. The highest BCUT2D eigenvalue weighted by Crippen LogP contribution is 2.32. The van der Waals surface area contributed by atoms with E-state index >= 15 is 0 Å². The molecule has 1 aliphatic rings. The van der Waals surface area contributed by atoms with Crippen molar-refractivity contribution < 1.29 is 4.79 Å². The highest BCUT2D eigenvalue weighted by Gasteiger charge is 2.20. The first kappa shape index (κ1) is 23.4. The molecular formula is C24H29ClN4OS2. The van der Waals surface area contributed by atoms with Gasteiger partial charge in [0.2, 0.25) is 5.91 Å². The number of hydrogen-bond acceptors (Lipinski definition) is 6. The monoisotopic (exact) mass is 488 g/mol. The molecule has 0 bridgehead atoms. The van der Waals surface area contributed by atoms with Crippen molar-refractivity contribution in [2.75, 3.05) is 49.9 Å². The summed E-state index contributed by atoms with van der Waals surface area (Å²) in [6.45, 7) is 9.83. The van der Waals surface area contributed by atoms with E-state index in [0.717, 1.165) is 59.0 Å². The molecule has 0 atom stereocenters. The van der Waals surface area contributed by atoms with E-state index in [2.05, 4.69) is 41.1 Å². The maximum absolute atomic E-state index is 12.1. The molecule has 1 N–H and O–H groups in total. The number of fused-ring (bicyclic) bond motifs is 1. The number of piperazine rings is 1. The molecule has 0 aliphatic carbocycles. The Labute approximate surface area is 203 Å². The molecular weight excluding hydrogens is 460 g/mol. The molecule has 1 amide bonds. The lowest BCUT2D eigenvalue weighted by molar-refractivity contribution is -0.120. The Balaban J connectivity index is 1.15. The van der Waals surface area contributed by atoms with E-state index in [-0.39, 0.29) is 5.91 Å². The highest BCUT2D eigenvalue weighted by molar-refractivity contribution is 7.99. The van der Waals surface area contributed by atoms with Crippen molar-refractivity contribution >= 4 is 56.0 Å². The number of amides is 1. The molecule has 0 saturated carbocycles. The normalized spacial score (nSPS) is 14.8. The second-order valence-corrected chi connectivity index (χ2v) is 10.7. The van der Waals surface area contributed by atoms with Crippen molar-refractivity contribution in [3.63, 3.8) is 0 Å². The van der Waals surface area contributed by atoms with Crippen LogP contribution in [0.3, 0.4) is 0 Å². The molecule has 1 aromatic heterocycles. The number of halogens is 1. The third-order valence-electron chi connectivity index (χ3n) is 5.88. The molecule has 2 heterocycles. The molecule has 32 heavy (non-hydrogen) atoms. The fourth-order valence-corrected chi connectivity index (χ4v) is 5.80. The minimum atomic E-state index is 0.116. The summed E-state index contributed by atoms with van der Waals surface area (Å²) in [6, 6.07) is 12.1. The van der Waals surface area contributed by atoms with Crippen LogP contribution in [0.1, 0.15) is 17.5 Å². The van der Waals surface area contributed by atoms with Gasteiger partial charge in [-0.15, -0.1) is 11.8 Å². The topological polar surface area (TPSA) is 48.5 Å². The standard InChI is InChI=1S/C24H29ClN4OS2/c1-17-3-8-21-23(18(17)2)27-24(32-21)29-14-12-28(13-15-29)11-10-26-22(30)9-16-31-20-6-4-19(25)5-7-20/h3-8H,9-16H2,1-2H3,(H,26,30). The van der Waals surface area contributed by atoms with E-state index in [1.165, 1.54) is 15.8 Å². The van der Waals surface area contributed by atoms with E-state index in [1.54, 1.807) is 23.1 Å². The van der Waals surface area contributed by atoms with Crippen molar-refractivity contribution in [1.82, 2.24) is 15.2 Å². The zero-order valence-electron chi connectivity index (χ0n) is 18.6. The van der Waals surface area contributed by atoms with Gasteiger partial charge in [-0.25, -0.2) is 4.98 Å². The van der Waals surface area contributed by atoms with Gasteiger partial charge in [0.25, 0.3) is 0 Å². The van der Waals surface area contributed by atoms with Crippen LogP contribution < -0.4 is 10.2 Å². The van der Waals surface area contributed by atoms with Crippen LogP contribution in [0, 0.1) is 13.8 Å². The zero-order chi connectivity index (χ0) is 22.5. The fraction of sp³-hybridized carbons (Fsp3) is 0.417. The SMILES string of the molecule is Cc1ccc2sc(N3CCN(CCNC(=O)CCSc4ccc(Cl)cc4)CC3)nc2c1C. The number of aromatic nitrogens is 1. The summed E-state index contributed by atoms with van der Waals surface area (Å²) >= 11 is 9.37. The number of nitrogens with one attached hydrogen (secondary N) is 1. The number of thioether (sulfide) groups is 1. The summed E-state index contributed by atoms with van der Waals surface area (Å²) in [5.74, 6) is 0.887. The van der Waals surface area contributed by atoms with Gasteiger partial charge in [-0.3, -0.25) is 9.69 Å². The molecule has 1 saturated heterocycles. The molecule has 1 aliphatic heterocycles. The van der Waals surface area contributed by atoms with Crippen LogP contribution >= 0.6 is 34.7 Å². The Hall–Kier alpha value is -1.80. The summed E-state index contributed by atoms with van der Waals surface area (Å²) in [5, 5.41) is 4.92. The minimum absolute atomic E-state index is 0.116. The number of benzene rings is 2. The first-order chi connectivity index (χ1) is 15.5. The number of carbonyl (C=O) groups is 1. The number of hydrogen-bond donors (Lipinski definition) is 1. The van der Waals surface area contributed by atoms with E-state index < -0.39 is 0 Å². The van der Waals surface area contributed by atoms with Crippen molar-refractivity contribution in [2.24, 2.45) is 0 Å². The first-order valence-electron chi connectivity index (χ1n) is 11.0. The van der Waals surface area contributed by atoms with Crippen molar-refractivity contribution in [3.8, 4) is 0 Å². The van der Waals surface area contributed by atoms with Gasteiger partial charge < -0.3 is 10.2 Å². The van der Waals surface area contributed by atoms with Crippen LogP contribution in [-0.2, 0) is 4.79 Å². The molecule has 1 fully saturated rings. The van der Waals surface area contributed by atoms with Gasteiger partial charge in [0.1, 0.15) is 0 Å². The summed E-state index contributed by atoms with van der Waals surface area (Å²) in [7, 11) is 0. The Morgan fingerprint density at radius 3 is 2.62 bits per heavy atom. The van der Waals surface area contributed by atoms with Gasteiger partial charge in [-0.05, 0) is 55.3 Å². The summed E-state index contributed by atoms with van der Waals surface area (Å²) in [5.41, 5.74) is 3.72. The Morgan fingerprint density at radius 1 is 1.12 bits per heavy atom. The maximum Gasteiger partial charge on any atom is 0.220 e. The number of anilines is 1. The quantitative estimate of drug-likeness (QED) is 0.453. The van der Waals surface area contributed by atoms with Crippen LogP contribution in [0.25, 0.3) is 10.2 Å². The van der Waals surface area contributed by atoms with E-state index in [1.807, 2.05) is 24.3 Å². The van der Waals surface area contributed by atoms with E-state index in [0.29, 0.717) is 13.0 Å². The largest absolute Gasteiger partial charge is 0.355 e. The van der Waals surface area contributed by atoms with Crippen LogP contribution in [-0.4, -0.2) is 60.8 Å². The molecule has 0 spiro atoms. The average molecular weight is 489 g/mol. The van der Waals surface area contributed by atoms with Crippen molar-refractivity contribution in [2.45, 2.75) is 25.2 Å². The maximum atomic E-state index is 12.1. The summed E-state index contributed by atoms with van der Waals surface area (Å²) < 4.78 is 1.27. The Morgan fingerprint density at radius 2 is 1.88 bits per heavy atom. The Kier molecular flexibility index (Phi) is 7.94. The summed E-state index contributed by atoms with van der Waals surface area (Å²) in [6.07, 6.45) is 0.525. The second kappa shape index (κ2) is 10.9. The zero-order valence-corrected chi connectivity index (χ0v) is 21.0. The number of carbonyl (C=O) groups excluding carboxylic acids is 1. The van der Waals surface area contributed by atoms with E-state index in [4.69, 9.17) is 16.6 Å². The predicted molar refractivity (Wildman–Crippen MR) is 138 cm³/mol. The predicted octanol–water partition coefficient (Wildman–Crippen LogP) is 4.99. The molecule has 4 rings (SSSR count). The fourth-order valence-electron chi connectivity index (χ4n) is 3.75. The van der Waals surface area contributed by atoms with Gasteiger partial charge in [0.05, 0.1) is 10.2 Å². The van der Waals surface area contributed by atoms with E-state index in [9.17, 15) is 4.79 Å². The van der Waals surface area contributed by atoms with Crippen molar-refractivity contribution in [1.29, 1.82) is 0 Å². The summed E-state index contributed by atoms with van der Waals surface area (Å²) in [4.78, 5) is 23.0.